The van der Waals surface area contributed by atoms with Gasteiger partial charge in [0.25, 0.3) is 0 Å². The van der Waals surface area contributed by atoms with E-state index >= 15 is 0 Å². The van der Waals surface area contributed by atoms with E-state index in [0.717, 1.165) is 4.47 Å². The Balaban J connectivity index is 2.19. The van der Waals surface area contributed by atoms with Crippen molar-refractivity contribution in [3.8, 4) is 0 Å². The van der Waals surface area contributed by atoms with Crippen LogP contribution in [0.15, 0.2) is 57.9 Å². The molecule has 0 aliphatic heterocycles. The highest BCUT2D eigenvalue weighted by molar-refractivity contribution is 9.10. The summed E-state index contributed by atoms with van der Waals surface area (Å²) < 4.78 is 1.10. The van der Waals surface area contributed by atoms with Crippen LogP contribution in [0.25, 0.3) is 0 Å². The van der Waals surface area contributed by atoms with Gasteiger partial charge in [0.1, 0.15) is 0 Å². The van der Waals surface area contributed by atoms with Crippen LogP contribution in [0.5, 0.6) is 0 Å². The maximum Gasteiger partial charge on any atom is 0.0466 e. The Kier molecular flexibility index (Phi) is 4.87. The number of halogens is 1. The van der Waals surface area contributed by atoms with Gasteiger partial charge in [-0.25, -0.2) is 0 Å². The highest BCUT2D eigenvalue weighted by Crippen LogP contribution is 2.35. The molecule has 0 spiro atoms. The van der Waals surface area contributed by atoms with Gasteiger partial charge in [-0.15, -0.1) is 11.8 Å². The van der Waals surface area contributed by atoms with Gasteiger partial charge < -0.3 is 5.73 Å². The molecule has 0 bridgehead atoms. The molecule has 1 atom stereocenters. The van der Waals surface area contributed by atoms with Crippen LogP contribution >= 0.6 is 27.7 Å². The summed E-state index contributed by atoms with van der Waals surface area (Å²) in [5.74, 6) is 0. The van der Waals surface area contributed by atoms with Crippen molar-refractivity contribution in [2.75, 3.05) is 6.54 Å². The molecule has 2 aromatic carbocycles. The zero-order chi connectivity index (χ0) is 13.0. The third-order valence-corrected chi connectivity index (χ3v) is 4.47. The Morgan fingerprint density at radius 3 is 2.61 bits per heavy atom. The Morgan fingerprint density at radius 2 is 1.94 bits per heavy atom. The van der Waals surface area contributed by atoms with Gasteiger partial charge in [0.05, 0.1) is 0 Å². The summed E-state index contributed by atoms with van der Waals surface area (Å²) in [6.07, 6.45) is 0. The fraction of sp³-hybridized carbons (Fsp3) is 0.200. The molecule has 1 unspecified atom stereocenters. The predicted octanol–water partition coefficient (Wildman–Crippen LogP) is 4.55. The maximum absolute atomic E-state index is 5.91. The SMILES string of the molecule is Cc1cccc(C(CN)Sc2cccc(Br)c2)c1. The second kappa shape index (κ2) is 6.41. The topological polar surface area (TPSA) is 26.0 Å². The van der Waals surface area contributed by atoms with E-state index in [2.05, 4.69) is 65.3 Å². The molecule has 0 aliphatic rings. The average Bonchev–Trinajstić information content (AvgIpc) is 2.36. The Hall–Kier alpha value is -0.770. The molecule has 0 aromatic heterocycles. The Labute approximate surface area is 121 Å². The first kappa shape index (κ1) is 13.7. The van der Waals surface area contributed by atoms with Crippen molar-refractivity contribution in [2.24, 2.45) is 5.73 Å². The summed E-state index contributed by atoms with van der Waals surface area (Å²) in [6, 6.07) is 16.9. The van der Waals surface area contributed by atoms with Gasteiger partial charge in [-0.1, -0.05) is 51.8 Å². The van der Waals surface area contributed by atoms with Crippen LogP contribution in [0.2, 0.25) is 0 Å². The Bertz CT molecular complexity index is 527. The van der Waals surface area contributed by atoms with Gasteiger partial charge in [0.15, 0.2) is 0 Å². The summed E-state index contributed by atoms with van der Waals surface area (Å²) >= 11 is 5.31. The van der Waals surface area contributed by atoms with Crippen LogP contribution < -0.4 is 5.73 Å². The van der Waals surface area contributed by atoms with Gasteiger partial charge in [0.2, 0.25) is 0 Å². The highest BCUT2D eigenvalue weighted by atomic mass is 79.9. The first-order valence-corrected chi connectivity index (χ1v) is 7.55. The van der Waals surface area contributed by atoms with Crippen LogP contribution in [-0.2, 0) is 0 Å². The number of nitrogens with two attached hydrogens (primary N) is 1. The minimum absolute atomic E-state index is 0.305. The zero-order valence-corrected chi connectivity index (χ0v) is 12.7. The molecule has 0 saturated carbocycles. The van der Waals surface area contributed by atoms with Crippen molar-refractivity contribution in [3.05, 3.63) is 64.1 Å². The number of benzene rings is 2. The second-order valence-electron chi connectivity index (χ2n) is 4.21. The van der Waals surface area contributed by atoms with Crippen LogP contribution in [0.4, 0.5) is 0 Å². The van der Waals surface area contributed by atoms with E-state index in [9.17, 15) is 0 Å². The van der Waals surface area contributed by atoms with E-state index in [4.69, 9.17) is 5.73 Å². The number of rotatable bonds is 4. The molecule has 0 amide bonds. The third kappa shape index (κ3) is 3.61. The predicted molar refractivity (Wildman–Crippen MR) is 83.0 cm³/mol. The third-order valence-electron chi connectivity index (χ3n) is 2.70. The van der Waals surface area contributed by atoms with E-state index in [1.807, 2.05) is 17.8 Å². The monoisotopic (exact) mass is 321 g/mol. The Morgan fingerprint density at radius 1 is 1.17 bits per heavy atom. The lowest BCUT2D eigenvalue weighted by molar-refractivity contribution is 0.939. The normalized spacial score (nSPS) is 12.4. The summed E-state index contributed by atoms with van der Waals surface area (Å²) in [6.45, 7) is 2.75. The van der Waals surface area contributed by atoms with Crippen LogP contribution in [0.3, 0.4) is 0 Å². The van der Waals surface area contributed by atoms with E-state index in [1.165, 1.54) is 16.0 Å². The quantitative estimate of drug-likeness (QED) is 0.836. The molecule has 0 heterocycles. The molecule has 0 radical (unpaired) electrons. The number of aryl methyl sites for hydroxylation is 1. The van der Waals surface area contributed by atoms with E-state index in [-0.39, 0.29) is 0 Å². The standard InChI is InChI=1S/C15H16BrNS/c1-11-4-2-5-12(8-11)15(10-17)18-14-7-3-6-13(16)9-14/h2-9,15H,10,17H2,1H3. The van der Waals surface area contributed by atoms with Gasteiger partial charge in [-0.2, -0.15) is 0 Å². The van der Waals surface area contributed by atoms with Crippen molar-refractivity contribution in [3.63, 3.8) is 0 Å². The molecule has 0 saturated heterocycles. The fourth-order valence-corrected chi connectivity index (χ4v) is 3.44. The first-order valence-electron chi connectivity index (χ1n) is 5.88. The van der Waals surface area contributed by atoms with Crippen molar-refractivity contribution >= 4 is 27.7 Å². The zero-order valence-electron chi connectivity index (χ0n) is 10.3. The number of thioether (sulfide) groups is 1. The minimum atomic E-state index is 0.305. The molecular weight excluding hydrogens is 306 g/mol. The minimum Gasteiger partial charge on any atom is -0.329 e. The molecule has 2 aromatic rings. The highest BCUT2D eigenvalue weighted by Gasteiger charge is 2.11. The van der Waals surface area contributed by atoms with E-state index < -0.39 is 0 Å². The lowest BCUT2D eigenvalue weighted by Crippen LogP contribution is -2.09. The summed E-state index contributed by atoms with van der Waals surface area (Å²) in [4.78, 5) is 1.24. The molecule has 2 rings (SSSR count). The van der Waals surface area contributed by atoms with Gasteiger partial charge >= 0.3 is 0 Å². The van der Waals surface area contributed by atoms with Gasteiger partial charge in [-0.3, -0.25) is 0 Å². The van der Waals surface area contributed by atoms with Gasteiger partial charge in [0, 0.05) is 21.2 Å². The molecular formula is C15H16BrNS. The van der Waals surface area contributed by atoms with Crippen molar-refractivity contribution in [1.82, 2.24) is 0 Å². The van der Waals surface area contributed by atoms with Crippen LogP contribution in [-0.4, -0.2) is 6.54 Å². The van der Waals surface area contributed by atoms with Crippen LogP contribution in [0, 0.1) is 6.92 Å². The number of hydrogen-bond acceptors (Lipinski definition) is 2. The molecule has 94 valence electrons. The number of hydrogen-bond donors (Lipinski definition) is 1. The summed E-state index contributed by atoms with van der Waals surface area (Å²) in [5.41, 5.74) is 8.48. The molecule has 18 heavy (non-hydrogen) atoms. The molecule has 3 heteroatoms. The van der Waals surface area contributed by atoms with Crippen molar-refractivity contribution in [2.45, 2.75) is 17.1 Å². The molecule has 1 nitrogen and oxygen atoms in total. The lowest BCUT2D eigenvalue weighted by Gasteiger charge is -2.15. The smallest absolute Gasteiger partial charge is 0.0466 e. The largest absolute Gasteiger partial charge is 0.329 e. The van der Waals surface area contributed by atoms with Crippen LogP contribution in [0.1, 0.15) is 16.4 Å². The first-order chi connectivity index (χ1) is 8.69. The average molecular weight is 322 g/mol. The van der Waals surface area contributed by atoms with Gasteiger partial charge in [-0.05, 0) is 30.7 Å². The van der Waals surface area contributed by atoms with E-state index in [0.29, 0.717) is 11.8 Å². The summed E-state index contributed by atoms with van der Waals surface area (Å²) in [5, 5.41) is 0.305. The molecule has 0 aliphatic carbocycles. The van der Waals surface area contributed by atoms with E-state index in [1.54, 1.807) is 0 Å². The lowest BCUT2D eigenvalue weighted by atomic mass is 10.1. The summed E-state index contributed by atoms with van der Waals surface area (Å²) in [7, 11) is 0. The second-order valence-corrected chi connectivity index (χ2v) is 6.41. The molecule has 0 fully saturated rings. The maximum atomic E-state index is 5.91. The fourth-order valence-electron chi connectivity index (χ4n) is 1.83. The molecule has 2 N–H and O–H groups in total. The van der Waals surface area contributed by atoms with Crippen molar-refractivity contribution < 1.29 is 0 Å². The van der Waals surface area contributed by atoms with Crippen molar-refractivity contribution in [1.29, 1.82) is 0 Å².